The fourth-order valence-corrected chi connectivity index (χ4v) is 4.89. The summed E-state index contributed by atoms with van der Waals surface area (Å²) in [7, 11) is -3.90. The normalized spacial score (nSPS) is 23.3. The van der Waals surface area contributed by atoms with E-state index in [0.717, 1.165) is 37.5 Å². The predicted molar refractivity (Wildman–Crippen MR) is 101 cm³/mol. The van der Waals surface area contributed by atoms with Crippen molar-refractivity contribution in [1.82, 2.24) is 4.31 Å². The van der Waals surface area contributed by atoms with Crippen LogP contribution in [-0.2, 0) is 14.8 Å². The molecule has 148 valence electrons. The van der Waals surface area contributed by atoms with Crippen molar-refractivity contribution >= 4 is 27.1 Å². The summed E-state index contributed by atoms with van der Waals surface area (Å²) >= 11 is 0. The first kappa shape index (κ1) is 19.7. The summed E-state index contributed by atoms with van der Waals surface area (Å²) in [5.41, 5.74) is 3.82. The molecule has 1 saturated heterocycles. The molecular formula is C17H24N4O5S. The molecule has 2 aliphatic rings. The van der Waals surface area contributed by atoms with E-state index in [9.17, 15) is 18.5 Å². The van der Waals surface area contributed by atoms with Gasteiger partial charge in [-0.05, 0) is 31.2 Å². The molecule has 1 heterocycles. The van der Waals surface area contributed by atoms with Crippen molar-refractivity contribution in [3.63, 3.8) is 0 Å². The third kappa shape index (κ3) is 4.45. The number of hydrogen-bond acceptors (Lipinski definition) is 7. The van der Waals surface area contributed by atoms with Crippen LogP contribution in [0.4, 0.5) is 11.4 Å². The van der Waals surface area contributed by atoms with Gasteiger partial charge in [0.25, 0.3) is 5.69 Å². The minimum atomic E-state index is -3.90. The molecule has 0 spiro atoms. The smallest absolute Gasteiger partial charge is 0.270 e. The quantitative estimate of drug-likeness (QED) is 0.604. The number of nitro benzene ring substituents is 1. The maximum Gasteiger partial charge on any atom is 0.270 e. The van der Waals surface area contributed by atoms with Gasteiger partial charge in [0.2, 0.25) is 10.0 Å². The summed E-state index contributed by atoms with van der Waals surface area (Å²) in [5, 5.41) is 15.6. The van der Waals surface area contributed by atoms with E-state index in [2.05, 4.69) is 17.5 Å². The Kier molecular flexibility index (Phi) is 6.08. The van der Waals surface area contributed by atoms with Gasteiger partial charge in [0.05, 0.1) is 23.8 Å². The number of benzene rings is 1. The summed E-state index contributed by atoms with van der Waals surface area (Å²) in [4.78, 5) is 10.4. The number of nitrogens with zero attached hydrogens (tertiary/aromatic N) is 3. The fourth-order valence-electron chi connectivity index (χ4n) is 3.32. The van der Waals surface area contributed by atoms with Crippen LogP contribution in [0, 0.1) is 16.0 Å². The van der Waals surface area contributed by atoms with E-state index in [-0.39, 0.29) is 29.4 Å². The summed E-state index contributed by atoms with van der Waals surface area (Å²) in [6, 6.07) is 3.78. The number of anilines is 1. The zero-order chi connectivity index (χ0) is 19.4. The summed E-state index contributed by atoms with van der Waals surface area (Å²) in [5.74, 6) is 0.337. The fraction of sp³-hybridized carbons (Fsp3) is 0.588. The molecule has 1 aromatic rings. The minimum Gasteiger partial charge on any atom is -0.379 e. The van der Waals surface area contributed by atoms with E-state index in [1.807, 2.05) is 0 Å². The first-order chi connectivity index (χ1) is 12.9. The molecule has 2 fully saturated rings. The van der Waals surface area contributed by atoms with Crippen LogP contribution >= 0.6 is 0 Å². The van der Waals surface area contributed by atoms with Crippen LogP contribution < -0.4 is 5.43 Å². The van der Waals surface area contributed by atoms with Gasteiger partial charge >= 0.3 is 0 Å². The van der Waals surface area contributed by atoms with Crippen LogP contribution in [0.15, 0.2) is 28.2 Å². The standard InChI is InChI=1S/C17H24N4O5S/c1-13-4-2-3-5-15(13)18-19-16-7-6-14(21(22)23)12-17(16)27(24,25)20-8-10-26-11-9-20/h6-7,12-13,19H,2-5,8-11H2,1H3/b18-15+. The Balaban J connectivity index is 1.95. The van der Waals surface area contributed by atoms with Crippen LogP contribution in [0.2, 0.25) is 0 Å². The second-order valence-corrected chi connectivity index (χ2v) is 8.72. The number of morpholine rings is 1. The number of non-ortho nitro benzene ring substituents is 1. The molecule has 1 atom stereocenters. The van der Waals surface area contributed by atoms with Gasteiger partial charge in [-0.2, -0.15) is 9.41 Å². The van der Waals surface area contributed by atoms with Gasteiger partial charge in [0.15, 0.2) is 0 Å². The molecule has 0 aromatic heterocycles. The molecular weight excluding hydrogens is 372 g/mol. The van der Waals surface area contributed by atoms with Crippen molar-refractivity contribution in [2.24, 2.45) is 11.0 Å². The lowest BCUT2D eigenvalue weighted by Gasteiger charge is -2.27. The molecule has 1 N–H and O–H groups in total. The lowest BCUT2D eigenvalue weighted by molar-refractivity contribution is -0.385. The van der Waals surface area contributed by atoms with Crippen molar-refractivity contribution in [2.75, 3.05) is 31.7 Å². The first-order valence-corrected chi connectivity index (χ1v) is 10.5. The van der Waals surface area contributed by atoms with E-state index in [1.54, 1.807) is 0 Å². The molecule has 1 aliphatic carbocycles. The van der Waals surface area contributed by atoms with Gasteiger partial charge < -0.3 is 4.74 Å². The predicted octanol–water partition coefficient (Wildman–Crippen LogP) is 2.59. The molecule has 1 aliphatic heterocycles. The molecule has 1 aromatic carbocycles. The van der Waals surface area contributed by atoms with Gasteiger partial charge in [-0.3, -0.25) is 15.5 Å². The maximum atomic E-state index is 13.1. The monoisotopic (exact) mass is 396 g/mol. The molecule has 9 nitrogen and oxygen atoms in total. The van der Waals surface area contributed by atoms with Crippen LogP contribution in [0.25, 0.3) is 0 Å². The summed E-state index contributed by atoms with van der Waals surface area (Å²) in [6.07, 6.45) is 4.14. The Bertz CT molecular complexity index is 834. The third-order valence-corrected chi connectivity index (χ3v) is 6.91. The molecule has 0 bridgehead atoms. The van der Waals surface area contributed by atoms with Crippen LogP contribution in [0.1, 0.15) is 32.6 Å². The Labute approximate surface area is 158 Å². The van der Waals surface area contributed by atoms with E-state index >= 15 is 0 Å². The number of sulfonamides is 1. The molecule has 0 radical (unpaired) electrons. The number of hydrazone groups is 1. The average molecular weight is 396 g/mol. The molecule has 0 amide bonds. The number of ether oxygens (including phenoxy) is 1. The third-order valence-electron chi connectivity index (χ3n) is 4.97. The minimum absolute atomic E-state index is 0.133. The number of nitro groups is 1. The Morgan fingerprint density at radius 3 is 2.70 bits per heavy atom. The highest BCUT2D eigenvalue weighted by Crippen LogP contribution is 2.30. The van der Waals surface area contributed by atoms with Crippen molar-refractivity contribution in [3.8, 4) is 0 Å². The van der Waals surface area contributed by atoms with Gasteiger partial charge in [-0.1, -0.05) is 13.3 Å². The van der Waals surface area contributed by atoms with Crippen molar-refractivity contribution < 1.29 is 18.1 Å². The van der Waals surface area contributed by atoms with Gasteiger partial charge in [-0.15, -0.1) is 0 Å². The molecule has 27 heavy (non-hydrogen) atoms. The van der Waals surface area contributed by atoms with Gasteiger partial charge in [0.1, 0.15) is 4.90 Å². The Morgan fingerprint density at radius 1 is 1.30 bits per heavy atom. The number of nitrogens with one attached hydrogen (secondary N) is 1. The van der Waals surface area contributed by atoms with Gasteiger partial charge in [0, 0.05) is 30.9 Å². The van der Waals surface area contributed by atoms with E-state index in [4.69, 9.17) is 4.74 Å². The van der Waals surface area contributed by atoms with Crippen molar-refractivity contribution in [1.29, 1.82) is 0 Å². The zero-order valence-corrected chi connectivity index (χ0v) is 16.1. The Hall–Kier alpha value is -2.04. The van der Waals surface area contributed by atoms with Gasteiger partial charge in [-0.25, -0.2) is 8.42 Å². The van der Waals surface area contributed by atoms with E-state index in [0.29, 0.717) is 19.1 Å². The summed E-state index contributed by atoms with van der Waals surface area (Å²) < 4.78 is 32.6. The van der Waals surface area contributed by atoms with Crippen LogP contribution in [-0.4, -0.2) is 49.7 Å². The van der Waals surface area contributed by atoms with E-state index in [1.165, 1.54) is 16.4 Å². The highest BCUT2D eigenvalue weighted by atomic mass is 32.2. The number of rotatable bonds is 5. The zero-order valence-electron chi connectivity index (χ0n) is 15.3. The lowest BCUT2D eigenvalue weighted by Crippen LogP contribution is -2.40. The second kappa shape index (κ2) is 8.32. The van der Waals surface area contributed by atoms with Crippen LogP contribution in [0.5, 0.6) is 0 Å². The molecule has 1 unspecified atom stereocenters. The van der Waals surface area contributed by atoms with E-state index < -0.39 is 14.9 Å². The number of hydrogen-bond donors (Lipinski definition) is 1. The summed E-state index contributed by atoms with van der Waals surface area (Å²) in [6.45, 7) is 3.14. The average Bonchev–Trinajstić information content (AvgIpc) is 2.68. The highest BCUT2D eigenvalue weighted by molar-refractivity contribution is 7.89. The SMILES string of the molecule is CC1CCCC/C1=N\Nc1ccc([N+](=O)[O-])cc1S(=O)(=O)N1CCOCC1. The Morgan fingerprint density at radius 2 is 2.04 bits per heavy atom. The second-order valence-electron chi connectivity index (χ2n) is 6.82. The maximum absolute atomic E-state index is 13.1. The topological polar surface area (TPSA) is 114 Å². The molecule has 1 saturated carbocycles. The highest BCUT2D eigenvalue weighted by Gasteiger charge is 2.30. The lowest BCUT2D eigenvalue weighted by atomic mass is 9.89. The van der Waals surface area contributed by atoms with Crippen molar-refractivity contribution in [2.45, 2.75) is 37.5 Å². The molecule has 10 heteroatoms. The van der Waals surface area contributed by atoms with Crippen LogP contribution in [0.3, 0.4) is 0 Å². The first-order valence-electron chi connectivity index (χ1n) is 9.08. The molecule has 3 rings (SSSR count). The van der Waals surface area contributed by atoms with Crippen molar-refractivity contribution in [3.05, 3.63) is 28.3 Å². The largest absolute Gasteiger partial charge is 0.379 e.